The fraction of sp³-hybridized carbons (Fsp3) is 0.500. The first-order valence-electron chi connectivity index (χ1n) is 4.25. The highest BCUT2D eigenvalue weighted by Gasteiger charge is 2.18. The largest absolute Gasteiger partial charge is 0.465 e. The van der Waals surface area contributed by atoms with E-state index in [-0.39, 0.29) is 11.9 Å². The molecular weight excluding hydrogens is 168 g/mol. The lowest BCUT2D eigenvalue weighted by Crippen LogP contribution is -2.03. The van der Waals surface area contributed by atoms with E-state index in [1.807, 2.05) is 20.8 Å². The SMILES string of the molecule is COC(=O)c1cc(C)oc1C(C)C. The lowest BCUT2D eigenvalue weighted by Gasteiger charge is -2.02. The molecule has 1 aromatic heterocycles. The van der Waals surface area contributed by atoms with Crippen molar-refractivity contribution in [3.8, 4) is 0 Å². The van der Waals surface area contributed by atoms with Gasteiger partial charge in [-0.2, -0.15) is 0 Å². The summed E-state index contributed by atoms with van der Waals surface area (Å²) in [5, 5.41) is 0. The lowest BCUT2D eigenvalue weighted by molar-refractivity contribution is 0.0597. The van der Waals surface area contributed by atoms with Gasteiger partial charge in [0, 0.05) is 5.92 Å². The molecule has 1 heterocycles. The second-order valence-electron chi connectivity index (χ2n) is 3.28. The highest BCUT2D eigenvalue weighted by molar-refractivity contribution is 5.90. The molecule has 0 radical (unpaired) electrons. The monoisotopic (exact) mass is 182 g/mol. The standard InChI is InChI=1S/C10H14O3/c1-6(2)9-8(10(11)12-4)5-7(3)13-9/h5-6H,1-4H3. The van der Waals surface area contributed by atoms with E-state index in [9.17, 15) is 4.79 Å². The van der Waals surface area contributed by atoms with E-state index in [0.29, 0.717) is 11.3 Å². The van der Waals surface area contributed by atoms with Gasteiger partial charge in [-0.15, -0.1) is 0 Å². The molecule has 0 unspecified atom stereocenters. The van der Waals surface area contributed by atoms with Crippen LogP contribution in [0.2, 0.25) is 0 Å². The van der Waals surface area contributed by atoms with Crippen LogP contribution in [0.15, 0.2) is 10.5 Å². The van der Waals surface area contributed by atoms with Crippen molar-refractivity contribution >= 4 is 5.97 Å². The topological polar surface area (TPSA) is 39.4 Å². The smallest absolute Gasteiger partial charge is 0.341 e. The summed E-state index contributed by atoms with van der Waals surface area (Å²) in [5.41, 5.74) is 0.537. The molecule has 0 N–H and O–H groups in total. The van der Waals surface area contributed by atoms with Crippen molar-refractivity contribution in [2.75, 3.05) is 7.11 Å². The zero-order valence-electron chi connectivity index (χ0n) is 8.38. The molecule has 72 valence electrons. The Labute approximate surface area is 77.7 Å². The van der Waals surface area contributed by atoms with E-state index in [4.69, 9.17) is 4.42 Å². The summed E-state index contributed by atoms with van der Waals surface area (Å²) in [6, 6.07) is 1.71. The summed E-state index contributed by atoms with van der Waals surface area (Å²) in [4.78, 5) is 11.3. The Hall–Kier alpha value is -1.25. The maximum absolute atomic E-state index is 11.3. The highest BCUT2D eigenvalue weighted by Crippen LogP contribution is 2.23. The maximum atomic E-state index is 11.3. The van der Waals surface area contributed by atoms with Gasteiger partial charge in [0.1, 0.15) is 17.1 Å². The van der Waals surface area contributed by atoms with Crippen LogP contribution in [0, 0.1) is 6.92 Å². The van der Waals surface area contributed by atoms with Gasteiger partial charge in [0.05, 0.1) is 7.11 Å². The molecule has 1 aromatic rings. The summed E-state index contributed by atoms with van der Waals surface area (Å²) in [5.74, 6) is 1.30. The van der Waals surface area contributed by atoms with E-state index in [1.165, 1.54) is 7.11 Å². The Morgan fingerprint density at radius 1 is 1.54 bits per heavy atom. The van der Waals surface area contributed by atoms with Crippen molar-refractivity contribution in [3.63, 3.8) is 0 Å². The van der Waals surface area contributed by atoms with Crippen LogP contribution in [0.5, 0.6) is 0 Å². The van der Waals surface area contributed by atoms with Crippen LogP contribution < -0.4 is 0 Å². The molecule has 3 heteroatoms. The van der Waals surface area contributed by atoms with E-state index in [0.717, 1.165) is 5.76 Å². The molecule has 1 rings (SSSR count). The minimum atomic E-state index is -0.333. The second kappa shape index (κ2) is 3.64. The Balaban J connectivity index is 3.11. The molecule has 0 atom stereocenters. The van der Waals surface area contributed by atoms with Gasteiger partial charge in [-0.25, -0.2) is 4.79 Å². The molecule has 0 fully saturated rings. The predicted molar refractivity (Wildman–Crippen MR) is 48.9 cm³/mol. The summed E-state index contributed by atoms with van der Waals surface area (Å²) < 4.78 is 10.0. The minimum absolute atomic E-state index is 0.197. The number of methoxy groups -OCH3 is 1. The number of carbonyl (C=O) groups is 1. The first-order valence-corrected chi connectivity index (χ1v) is 4.25. The number of furan rings is 1. The van der Waals surface area contributed by atoms with Crippen LogP contribution in [-0.4, -0.2) is 13.1 Å². The number of carbonyl (C=O) groups excluding carboxylic acids is 1. The van der Waals surface area contributed by atoms with Crippen molar-refractivity contribution in [2.24, 2.45) is 0 Å². The van der Waals surface area contributed by atoms with E-state index >= 15 is 0 Å². The third-order valence-electron chi connectivity index (χ3n) is 1.81. The molecule has 3 nitrogen and oxygen atoms in total. The van der Waals surface area contributed by atoms with Crippen molar-refractivity contribution in [3.05, 3.63) is 23.2 Å². The van der Waals surface area contributed by atoms with Gasteiger partial charge in [0.15, 0.2) is 0 Å². The fourth-order valence-electron chi connectivity index (χ4n) is 1.23. The van der Waals surface area contributed by atoms with Crippen LogP contribution in [0.1, 0.15) is 41.6 Å². The number of ether oxygens (including phenoxy) is 1. The fourth-order valence-corrected chi connectivity index (χ4v) is 1.23. The van der Waals surface area contributed by atoms with Crippen LogP contribution in [0.3, 0.4) is 0 Å². The van der Waals surface area contributed by atoms with Crippen LogP contribution in [0.4, 0.5) is 0 Å². The van der Waals surface area contributed by atoms with Crippen LogP contribution >= 0.6 is 0 Å². The molecule has 0 spiro atoms. The molecule has 0 amide bonds. The third-order valence-corrected chi connectivity index (χ3v) is 1.81. The number of aryl methyl sites for hydroxylation is 1. The van der Waals surface area contributed by atoms with Gasteiger partial charge in [-0.3, -0.25) is 0 Å². The summed E-state index contributed by atoms with van der Waals surface area (Å²) in [6.07, 6.45) is 0. The van der Waals surface area contributed by atoms with E-state index in [2.05, 4.69) is 4.74 Å². The molecule has 0 saturated heterocycles. The van der Waals surface area contributed by atoms with E-state index < -0.39 is 0 Å². The van der Waals surface area contributed by atoms with Crippen molar-refractivity contribution < 1.29 is 13.9 Å². The summed E-state index contributed by atoms with van der Waals surface area (Å²) in [7, 11) is 1.37. The molecule has 0 aliphatic carbocycles. The van der Waals surface area contributed by atoms with Gasteiger partial charge in [-0.05, 0) is 13.0 Å². The zero-order chi connectivity index (χ0) is 10.0. The van der Waals surface area contributed by atoms with Crippen LogP contribution in [-0.2, 0) is 4.74 Å². The van der Waals surface area contributed by atoms with Gasteiger partial charge in [0.2, 0.25) is 0 Å². The summed E-state index contributed by atoms with van der Waals surface area (Å²) >= 11 is 0. The summed E-state index contributed by atoms with van der Waals surface area (Å²) in [6.45, 7) is 5.77. The first kappa shape index (κ1) is 9.84. The molecule has 0 aliphatic heterocycles. The number of hydrogen-bond acceptors (Lipinski definition) is 3. The quantitative estimate of drug-likeness (QED) is 0.659. The first-order chi connectivity index (χ1) is 6.06. The Morgan fingerprint density at radius 2 is 2.15 bits per heavy atom. The number of esters is 1. The molecular formula is C10H14O3. The van der Waals surface area contributed by atoms with Gasteiger partial charge in [-0.1, -0.05) is 13.8 Å². The minimum Gasteiger partial charge on any atom is -0.465 e. The van der Waals surface area contributed by atoms with Crippen molar-refractivity contribution in [1.82, 2.24) is 0 Å². The maximum Gasteiger partial charge on any atom is 0.341 e. The molecule has 13 heavy (non-hydrogen) atoms. The van der Waals surface area contributed by atoms with Crippen molar-refractivity contribution in [2.45, 2.75) is 26.7 Å². The van der Waals surface area contributed by atoms with Gasteiger partial charge < -0.3 is 9.15 Å². The average molecular weight is 182 g/mol. The molecule has 0 aromatic carbocycles. The predicted octanol–water partition coefficient (Wildman–Crippen LogP) is 2.50. The molecule has 0 bridgehead atoms. The average Bonchev–Trinajstić information content (AvgIpc) is 2.46. The van der Waals surface area contributed by atoms with Crippen molar-refractivity contribution in [1.29, 1.82) is 0 Å². The van der Waals surface area contributed by atoms with E-state index in [1.54, 1.807) is 6.07 Å². The molecule has 0 saturated carbocycles. The number of hydrogen-bond donors (Lipinski definition) is 0. The van der Waals surface area contributed by atoms with Gasteiger partial charge in [0.25, 0.3) is 0 Å². The normalized spacial score (nSPS) is 10.5. The zero-order valence-corrected chi connectivity index (χ0v) is 8.38. The number of rotatable bonds is 2. The van der Waals surface area contributed by atoms with Gasteiger partial charge >= 0.3 is 5.97 Å². The Bertz CT molecular complexity index is 310. The Morgan fingerprint density at radius 3 is 2.62 bits per heavy atom. The Kier molecular flexibility index (Phi) is 2.76. The second-order valence-corrected chi connectivity index (χ2v) is 3.28. The lowest BCUT2D eigenvalue weighted by atomic mass is 10.1. The third kappa shape index (κ3) is 1.91. The molecule has 0 aliphatic rings. The van der Waals surface area contributed by atoms with Crippen LogP contribution in [0.25, 0.3) is 0 Å². The highest BCUT2D eigenvalue weighted by atomic mass is 16.5.